The maximum atomic E-state index is 3.89. The molecule has 0 amide bonds. The topological polar surface area (TPSA) is 0 Å². The number of alkyl halides is 2. The van der Waals surface area contributed by atoms with E-state index in [2.05, 4.69) is 96.1 Å². The zero-order valence-corrected chi connectivity index (χ0v) is 16.0. The second kappa shape index (κ2) is 4.19. The first-order valence-corrected chi connectivity index (χ1v) is 11.3. The second-order valence-electron chi connectivity index (χ2n) is 6.96. The van der Waals surface area contributed by atoms with E-state index in [1.54, 1.807) is 5.19 Å². The van der Waals surface area contributed by atoms with Gasteiger partial charge in [-0.3, -0.25) is 0 Å². The molecule has 1 aliphatic rings. The average molecular weight is 390 g/mol. The Morgan fingerprint density at radius 3 is 1.83 bits per heavy atom. The summed E-state index contributed by atoms with van der Waals surface area (Å²) in [5.41, 5.74) is 0.630. The minimum Gasteiger partial charge on any atom is -0.0715 e. The Morgan fingerprint density at radius 2 is 1.44 bits per heavy atom. The highest BCUT2D eigenvalue weighted by atomic mass is 79.9. The summed E-state index contributed by atoms with van der Waals surface area (Å²) in [5, 5.41) is 1.56. The number of hydrogen-bond acceptors (Lipinski definition) is 0. The fourth-order valence-electron chi connectivity index (χ4n) is 3.26. The van der Waals surface area contributed by atoms with Gasteiger partial charge in [-0.1, -0.05) is 101 Å². The molecule has 0 spiro atoms. The summed E-state index contributed by atoms with van der Waals surface area (Å²) in [6.07, 6.45) is 0. The summed E-state index contributed by atoms with van der Waals surface area (Å²) in [7, 11) is -1.39. The Hall–Kier alpha value is 0.397. The first kappa shape index (κ1) is 14.8. The van der Waals surface area contributed by atoms with Crippen molar-refractivity contribution >= 4 is 45.1 Å². The fraction of sp³-hybridized carbons (Fsp3) is 0.600. The molecule has 1 atom stereocenters. The maximum absolute atomic E-state index is 3.89. The van der Waals surface area contributed by atoms with E-state index in [0.717, 1.165) is 0 Å². The van der Waals surface area contributed by atoms with Crippen molar-refractivity contribution in [2.75, 3.05) is 0 Å². The SMILES string of the molecule is CC1(C)C(Br)(Br)C1(C)C[Si](C)(C)c1ccccc1. The van der Waals surface area contributed by atoms with Crippen molar-refractivity contribution in [2.45, 2.75) is 43.1 Å². The van der Waals surface area contributed by atoms with Gasteiger partial charge in [-0.05, 0) is 16.9 Å². The highest BCUT2D eigenvalue weighted by molar-refractivity contribution is 9.25. The zero-order valence-electron chi connectivity index (χ0n) is 11.8. The summed E-state index contributed by atoms with van der Waals surface area (Å²) in [5.74, 6) is 0. The number of hydrogen-bond donors (Lipinski definition) is 0. The quantitative estimate of drug-likeness (QED) is 0.496. The minimum atomic E-state index is -1.39. The summed E-state index contributed by atoms with van der Waals surface area (Å²) in [4.78, 5) is 0. The molecule has 0 aliphatic heterocycles. The van der Waals surface area contributed by atoms with Crippen molar-refractivity contribution in [1.82, 2.24) is 0 Å². The van der Waals surface area contributed by atoms with Gasteiger partial charge in [0.05, 0.1) is 11.3 Å². The fourth-order valence-corrected chi connectivity index (χ4v) is 9.50. The van der Waals surface area contributed by atoms with Crippen molar-refractivity contribution in [3.05, 3.63) is 30.3 Å². The van der Waals surface area contributed by atoms with Crippen molar-refractivity contribution in [3.8, 4) is 0 Å². The van der Waals surface area contributed by atoms with Gasteiger partial charge in [0.25, 0.3) is 0 Å². The molecule has 0 saturated heterocycles. The first-order chi connectivity index (χ1) is 8.06. The molecule has 0 radical (unpaired) electrons. The van der Waals surface area contributed by atoms with Crippen LogP contribution < -0.4 is 5.19 Å². The van der Waals surface area contributed by atoms with Gasteiger partial charge >= 0.3 is 0 Å². The summed E-state index contributed by atoms with van der Waals surface area (Å²) in [6, 6.07) is 12.3. The largest absolute Gasteiger partial charge is 0.0918 e. The molecule has 1 saturated carbocycles. The van der Waals surface area contributed by atoms with Crippen LogP contribution in [0.3, 0.4) is 0 Å². The summed E-state index contributed by atoms with van der Waals surface area (Å²) in [6.45, 7) is 12.1. The third-order valence-electron chi connectivity index (χ3n) is 5.15. The normalized spacial score (nSPS) is 29.1. The average Bonchev–Trinajstić information content (AvgIpc) is 2.56. The molecule has 0 bridgehead atoms. The Morgan fingerprint density at radius 1 is 1.00 bits per heavy atom. The highest BCUT2D eigenvalue weighted by Gasteiger charge is 2.78. The standard InChI is InChI=1S/C15H22Br2Si/c1-13(2)14(3,15(13,16)17)11-18(4,5)12-9-7-6-8-10-12/h6-10H,11H2,1-5H3. The predicted molar refractivity (Wildman–Crippen MR) is 90.8 cm³/mol. The van der Waals surface area contributed by atoms with Gasteiger partial charge in [-0.15, -0.1) is 0 Å². The lowest BCUT2D eigenvalue weighted by atomic mass is 10.0. The third-order valence-corrected chi connectivity index (χ3v) is 12.4. The first-order valence-electron chi connectivity index (χ1n) is 6.50. The maximum Gasteiger partial charge on any atom is 0.0918 e. The van der Waals surface area contributed by atoms with Crippen LogP contribution in [0.1, 0.15) is 20.8 Å². The van der Waals surface area contributed by atoms with Crippen LogP contribution in [0.15, 0.2) is 30.3 Å². The molecule has 0 N–H and O–H groups in total. The highest BCUT2D eigenvalue weighted by Crippen LogP contribution is 2.81. The molecule has 1 aromatic carbocycles. The zero-order chi connectivity index (χ0) is 13.8. The van der Waals surface area contributed by atoms with Gasteiger partial charge in [0, 0.05) is 0 Å². The molecule has 1 unspecified atom stereocenters. The monoisotopic (exact) mass is 388 g/mol. The van der Waals surface area contributed by atoms with E-state index in [4.69, 9.17) is 0 Å². The van der Waals surface area contributed by atoms with Crippen LogP contribution in [0.4, 0.5) is 0 Å². The Labute approximate surface area is 129 Å². The lowest BCUT2D eigenvalue weighted by Gasteiger charge is -2.29. The van der Waals surface area contributed by atoms with Crippen LogP contribution >= 0.6 is 31.9 Å². The van der Waals surface area contributed by atoms with E-state index in [-0.39, 0.29) is 3.23 Å². The molecule has 0 nitrogen and oxygen atoms in total. The molecular formula is C15H22Br2Si. The van der Waals surface area contributed by atoms with E-state index in [0.29, 0.717) is 10.8 Å². The van der Waals surface area contributed by atoms with E-state index < -0.39 is 8.07 Å². The van der Waals surface area contributed by atoms with Gasteiger partial charge in [-0.25, -0.2) is 0 Å². The van der Waals surface area contributed by atoms with Crippen molar-refractivity contribution < 1.29 is 0 Å². The van der Waals surface area contributed by atoms with Crippen LogP contribution in [0.5, 0.6) is 0 Å². The molecule has 18 heavy (non-hydrogen) atoms. The van der Waals surface area contributed by atoms with Crippen LogP contribution in [0.25, 0.3) is 0 Å². The Bertz CT molecular complexity index is 435. The van der Waals surface area contributed by atoms with Gasteiger partial charge in [-0.2, -0.15) is 0 Å². The molecule has 0 aromatic heterocycles. The predicted octanol–water partition coefficient (Wildman–Crippen LogP) is 5.13. The van der Waals surface area contributed by atoms with Gasteiger partial charge in [0.2, 0.25) is 0 Å². The third kappa shape index (κ3) is 1.89. The Balaban J connectivity index is 2.26. The number of halogens is 2. The molecule has 2 rings (SSSR count). The van der Waals surface area contributed by atoms with E-state index in [9.17, 15) is 0 Å². The second-order valence-corrected chi connectivity index (χ2v) is 15.1. The van der Waals surface area contributed by atoms with E-state index in [1.807, 2.05) is 0 Å². The van der Waals surface area contributed by atoms with Crippen molar-refractivity contribution in [1.29, 1.82) is 0 Å². The minimum absolute atomic E-state index is 0.0963. The van der Waals surface area contributed by atoms with Gasteiger partial charge < -0.3 is 0 Å². The van der Waals surface area contributed by atoms with Crippen LogP contribution in [-0.2, 0) is 0 Å². The van der Waals surface area contributed by atoms with Crippen LogP contribution in [-0.4, -0.2) is 11.3 Å². The number of benzene rings is 1. The van der Waals surface area contributed by atoms with Crippen LogP contribution in [0, 0.1) is 10.8 Å². The van der Waals surface area contributed by atoms with Crippen LogP contribution in [0.2, 0.25) is 19.1 Å². The lowest BCUT2D eigenvalue weighted by Crippen LogP contribution is -2.43. The smallest absolute Gasteiger partial charge is 0.0715 e. The molecule has 1 aliphatic carbocycles. The summed E-state index contributed by atoms with van der Waals surface area (Å²) >= 11 is 7.79. The van der Waals surface area contributed by atoms with Gasteiger partial charge in [0.1, 0.15) is 0 Å². The van der Waals surface area contributed by atoms with E-state index >= 15 is 0 Å². The lowest BCUT2D eigenvalue weighted by molar-refractivity contribution is 0.452. The van der Waals surface area contributed by atoms with Gasteiger partial charge in [0.15, 0.2) is 0 Å². The molecule has 1 aromatic rings. The van der Waals surface area contributed by atoms with Crippen molar-refractivity contribution in [2.24, 2.45) is 10.8 Å². The van der Waals surface area contributed by atoms with E-state index in [1.165, 1.54) is 6.04 Å². The molecule has 3 heteroatoms. The molecule has 0 heterocycles. The summed E-state index contributed by atoms with van der Waals surface area (Å²) < 4.78 is 0.0963. The Kier molecular flexibility index (Phi) is 3.45. The number of rotatable bonds is 3. The molecular weight excluding hydrogens is 368 g/mol. The van der Waals surface area contributed by atoms with Crippen molar-refractivity contribution in [3.63, 3.8) is 0 Å². The molecule has 100 valence electrons. The molecule has 1 fully saturated rings.